The minimum atomic E-state index is -0.130. The number of carbonyl (C=O) groups is 5. The third-order valence-corrected chi connectivity index (χ3v) is 16.2. The number of amides is 4. The molecule has 2 saturated carbocycles. The van der Waals surface area contributed by atoms with Crippen molar-refractivity contribution in [2.75, 3.05) is 44.6 Å². The SMILES string of the molecule is CCc1c(Nc2cc(CC(=O)C3CC3)nc3c2C(=O)N(C)C3)cccc1-c1nnn(C)n1.CCc1c(Nc2cc(Cl)nc3c2C(=O)N(C)C3)cccc1-c1nnn(C)n1.CN1Cc2nc(Cl)cc(Cl)c2C1=O.COc1c(N)cccc1-c1nnn(C)n1.NC(=O)C1CC1.[I-]. The van der Waals surface area contributed by atoms with E-state index in [1.807, 2.05) is 54.6 Å². The first-order chi connectivity index (χ1) is 44.5. The Morgan fingerprint density at radius 1 is 0.564 bits per heavy atom. The number of para-hydroxylation sites is 1. The maximum Gasteiger partial charge on any atom is 0.257 e. The number of carbonyl (C=O) groups excluding carboxylic acids is 5. The zero-order valence-electron chi connectivity index (χ0n) is 52.8. The topological polar surface area (TPSA) is 350 Å². The Morgan fingerprint density at radius 2 is 0.979 bits per heavy atom. The molecule has 0 radical (unpaired) electrons. The van der Waals surface area contributed by atoms with Crippen LogP contribution in [-0.4, -0.2) is 148 Å². The fourth-order valence-electron chi connectivity index (χ4n) is 10.7. The average molecular weight is 1450 g/mol. The number of aryl methyl sites for hydroxylation is 3. The first-order valence-electron chi connectivity index (χ1n) is 29.6. The molecule has 6 aromatic heterocycles. The fourth-order valence-corrected chi connectivity index (χ4v) is 11.4. The normalized spacial score (nSPS) is 14.0. The molecular formula is C62H67Cl3IN22O6-. The molecule has 9 aromatic rings. The van der Waals surface area contributed by atoms with Crippen molar-refractivity contribution in [3.63, 3.8) is 0 Å². The van der Waals surface area contributed by atoms with Crippen LogP contribution >= 0.6 is 34.8 Å². The van der Waals surface area contributed by atoms with Gasteiger partial charge < -0.3 is 65.5 Å². The van der Waals surface area contributed by atoms with Gasteiger partial charge in [0.15, 0.2) is 5.75 Å². The number of primary amides is 1. The number of ketones is 1. The molecule has 0 spiro atoms. The highest BCUT2D eigenvalue weighted by atomic mass is 127. The van der Waals surface area contributed by atoms with Crippen LogP contribution in [0.4, 0.5) is 28.4 Å². The van der Waals surface area contributed by atoms with Gasteiger partial charge >= 0.3 is 0 Å². The molecule has 2 fully saturated rings. The molecule has 0 saturated heterocycles. The number of nitrogens with two attached hydrogens (primary N) is 2. The second-order valence-corrected chi connectivity index (χ2v) is 23.7. The van der Waals surface area contributed by atoms with Gasteiger partial charge in [-0.15, -0.1) is 30.6 Å². The first kappa shape index (κ1) is 69.0. The maximum atomic E-state index is 12.9. The Labute approximate surface area is 572 Å². The van der Waals surface area contributed by atoms with Crippen molar-refractivity contribution in [2.24, 2.45) is 38.7 Å². The summed E-state index contributed by atoms with van der Waals surface area (Å²) in [5.74, 6) is 2.48. The Balaban J connectivity index is 0.000000150. The molecule has 3 aromatic carbocycles. The molecule has 14 rings (SSSR count). The number of ether oxygens (including phenoxy) is 1. The van der Waals surface area contributed by atoms with E-state index < -0.39 is 0 Å². The second kappa shape index (κ2) is 29.7. The van der Waals surface area contributed by atoms with Crippen LogP contribution in [0.1, 0.15) is 105 Å². The number of aromatic nitrogens is 15. The average Bonchev–Trinajstić information content (AvgIpc) is 1.58. The Hall–Kier alpha value is -9.33. The highest BCUT2D eigenvalue weighted by Crippen LogP contribution is 2.39. The summed E-state index contributed by atoms with van der Waals surface area (Å²) >= 11 is 17.7. The highest BCUT2D eigenvalue weighted by molar-refractivity contribution is 6.36. The van der Waals surface area contributed by atoms with E-state index in [1.54, 1.807) is 76.2 Å². The number of nitrogens with one attached hydrogen (secondary N) is 2. The molecule has 94 heavy (non-hydrogen) atoms. The number of methoxy groups -OCH3 is 1. The van der Waals surface area contributed by atoms with Gasteiger partial charge in [-0.2, -0.15) is 14.4 Å². The highest BCUT2D eigenvalue weighted by Gasteiger charge is 2.35. The predicted octanol–water partition coefficient (Wildman–Crippen LogP) is 4.83. The van der Waals surface area contributed by atoms with Gasteiger partial charge in [0.05, 0.1) is 115 Å². The van der Waals surface area contributed by atoms with Crippen LogP contribution in [0.5, 0.6) is 5.75 Å². The molecule has 3 aliphatic heterocycles. The van der Waals surface area contributed by atoms with Crippen molar-refractivity contribution < 1.29 is 52.7 Å². The lowest BCUT2D eigenvalue weighted by Gasteiger charge is -2.16. The van der Waals surface area contributed by atoms with Crippen molar-refractivity contribution in [2.45, 2.75) is 78.4 Å². The number of Topliss-reactive ketones (excluding diaryl/α,β-unsaturated/α-hetero) is 1. The largest absolute Gasteiger partial charge is 1.00 e. The van der Waals surface area contributed by atoms with E-state index >= 15 is 0 Å². The summed E-state index contributed by atoms with van der Waals surface area (Å²) in [6.07, 6.45) is 5.79. The number of hydrogen-bond acceptors (Lipinski definition) is 21. The molecule has 9 heterocycles. The van der Waals surface area contributed by atoms with E-state index in [-0.39, 0.29) is 65.2 Å². The fraction of sp³-hybridized carbons (Fsp3) is 0.339. The molecule has 2 aliphatic carbocycles. The van der Waals surface area contributed by atoms with Gasteiger partial charge in [0.2, 0.25) is 23.4 Å². The zero-order chi connectivity index (χ0) is 66.5. The second-order valence-electron chi connectivity index (χ2n) is 22.5. The van der Waals surface area contributed by atoms with Crippen LogP contribution in [0.15, 0.2) is 72.8 Å². The minimum absolute atomic E-state index is 0. The molecule has 6 N–H and O–H groups in total. The number of nitrogens with zero attached hydrogens (tertiary/aromatic N) is 18. The van der Waals surface area contributed by atoms with Crippen molar-refractivity contribution in [3.05, 3.63) is 139 Å². The van der Waals surface area contributed by atoms with Gasteiger partial charge in [0.1, 0.15) is 16.1 Å². The molecule has 490 valence electrons. The van der Waals surface area contributed by atoms with Crippen molar-refractivity contribution in [1.82, 2.24) is 90.3 Å². The number of benzene rings is 3. The summed E-state index contributed by atoms with van der Waals surface area (Å²) in [5, 5.41) is 44.4. The number of fused-ring (bicyclic) bond motifs is 3. The minimum Gasteiger partial charge on any atom is -1.00 e. The smallest absolute Gasteiger partial charge is 0.257 e. The number of nitrogen functional groups attached to an aromatic ring is 1. The molecule has 0 unspecified atom stereocenters. The standard InChI is InChI=1S/C23H25N7O2.C18H18ClN7O.C9H11N5O.C8H6Cl2N2O.C4H7NO.HI/c1-4-15-16(22-26-28-30(3)27-22)6-5-7-17(15)25-18-10-14(11-20(31)13-8-9-13)24-19-12-29(2)23(32)21(18)19;1-4-10-11(17-22-24-26(3)23-17)6-5-7-12(10)20-13-8-15(19)21-14-9-25(2)18(27)16(13)14;1-14-12-9(11-13-14)6-4-3-5-7(10)8(6)15-2;1-12-3-5-7(8(12)13)4(9)2-6(10)11-5;5-4(6)3-1-2-3;/h5-7,10,13H,4,8-9,11-12H2,1-3H3,(H,24,25);5-8H,4,9H2,1-3H3,(H,20,21);3-5H,10H2,1-2H3;2H,3H2,1H3;3H,1-2H2,(H2,5,6);1H/p-1. The van der Waals surface area contributed by atoms with Crippen LogP contribution in [0.2, 0.25) is 15.3 Å². The Kier molecular flexibility index (Phi) is 21.8. The maximum absolute atomic E-state index is 12.9. The monoisotopic (exact) mass is 1450 g/mol. The van der Waals surface area contributed by atoms with Gasteiger partial charge in [-0.05, 0) is 108 Å². The molecule has 28 nitrogen and oxygen atoms in total. The van der Waals surface area contributed by atoms with Crippen molar-refractivity contribution in [1.29, 1.82) is 0 Å². The van der Waals surface area contributed by atoms with Gasteiger partial charge in [-0.25, -0.2) is 9.97 Å². The number of anilines is 5. The van der Waals surface area contributed by atoms with E-state index in [2.05, 4.69) is 85.7 Å². The van der Waals surface area contributed by atoms with Crippen molar-refractivity contribution in [3.8, 4) is 39.9 Å². The first-order valence-corrected chi connectivity index (χ1v) is 30.8. The third-order valence-electron chi connectivity index (χ3n) is 15.5. The summed E-state index contributed by atoms with van der Waals surface area (Å²) in [5.41, 5.74) is 23.2. The van der Waals surface area contributed by atoms with Crippen LogP contribution in [0.3, 0.4) is 0 Å². The quantitative estimate of drug-likeness (QED) is 0.0643. The zero-order valence-corrected chi connectivity index (χ0v) is 57.2. The van der Waals surface area contributed by atoms with E-state index in [9.17, 15) is 24.0 Å². The third kappa shape index (κ3) is 15.7. The van der Waals surface area contributed by atoms with Crippen LogP contribution < -0.4 is 50.8 Å². The number of rotatable bonds is 14. The Morgan fingerprint density at radius 3 is 1.40 bits per heavy atom. The van der Waals surface area contributed by atoms with E-state index in [0.29, 0.717) is 121 Å². The lowest BCUT2D eigenvalue weighted by atomic mass is 10.0. The lowest BCUT2D eigenvalue weighted by Crippen LogP contribution is -3.00. The van der Waals surface area contributed by atoms with Crippen LogP contribution in [0.25, 0.3) is 34.2 Å². The van der Waals surface area contributed by atoms with E-state index in [1.165, 1.54) is 20.5 Å². The Bertz CT molecular complexity index is 4360. The summed E-state index contributed by atoms with van der Waals surface area (Å²) in [7, 11) is 11.9. The molecule has 32 heteroatoms. The molecule has 4 amide bonds. The molecule has 0 bridgehead atoms. The number of hydrogen-bond donors (Lipinski definition) is 4. The molecule has 5 aliphatic rings. The molecule has 0 atom stereocenters. The number of halogens is 4. The number of tetrazole rings is 3. The summed E-state index contributed by atoms with van der Waals surface area (Å²) < 4.78 is 5.20. The van der Waals surface area contributed by atoms with E-state index in [0.717, 1.165) is 77.7 Å². The van der Waals surface area contributed by atoms with Gasteiger partial charge in [-0.1, -0.05) is 79.0 Å². The molecular weight excluding hydrogens is 1380 g/mol. The van der Waals surface area contributed by atoms with Crippen molar-refractivity contribution >= 4 is 92.7 Å². The number of pyridine rings is 3. The summed E-state index contributed by atoms with van der Waals surface area (Å²) in [4.78, 5) is 81.4. The summed E-state index contributed by atoms with van der Waals surface area (Å²) in [6.45, 7) is 5.50. The predicted molar refractivity (Wildman–Crippen MR) is 347 cm³/mol. The van der Waals surface area contributed by atoms with Gasteiger partial charge in [0.25, 0.3) is 17.7 Å². The van der Waals surface area contributed by atoms with Crippen LogP contribution in [0, 0.1) is 11.8 Å². The lowest BCUT2D eigenvalue weighted by molar-refractivity contribution is -0.120. The van der Waals surface area contributed by atoms with Crippen LogP contribution in [-0.2, 0) is 69.6 Å². The summed E-state index contributed by atoms with van der Waals surface area (Å²) in [6, 6.07) is 22.2. The van der Waals surface area contributed by atoms with Gasteiger partial charge in [0, 0.05) is 61.9 Å². The van der Waals surface area contributed by atoms with Gasteiger partial charge in [-0.3, -0.25) is 29.0 Å². The van der Waals surface area contributed by atoms with E-state index in [4.69, 9.17) is 51.0 Å².